The summed E-state index contributed by atoms with van der Waals surface area (Å²) in [4.78, 5) is 1.71. The van der Waals surface area contributed by atoms with E-state index in [1.54, 1.807) is 4.99 Å². The zero-order chi connectivity index (χ0) is 23.5. The molecule has 0 heterocycles. The molecule has 166 valence electrons. The Balaban J connectivity index is 0.00000245. The molecule has 0 unspecified atom stereocenters. The van der Waals surface area contributed by atoms with Crippen LogP contribution in [0.4, 0.5) is 48.3 Å². The molecule has 0 fully saturated rings. The number of alkyl halides is 11. The molecule has 1 rings (SSSR count). The predicted molar refractivity (Wildman–Crippen MR) is 78.0 cm³/mol. The van der Waals surface area contributed by atoms with Crippen molar-refractivity contribution in [2.24, 2.45) is 4.99 Å². The van der Waals surface area contributed by atoms with E-state index in [2.05, 4.69) is 0 Å². The second-order valence-electron chi connectivity index (χ2n) is 5.10. The molecule has 29 heavy (non-hydrogen) atoms. The number of hydrogen-bond acceptors (Lipinski definition) is 2. The summed E-state index contributed by atoms with van der Waals surface area (Å²) in [5, 5.41) is 9.45. The predicted octanol–water partition coefficient (Wildman–Crippen LogP) is 6.56. The Bertz CT molecular complexity index is 725. The van der Waals surface area contributed by atoms with Crippen LogP contribution in [0.2, 0.25) is 0 Å². The van der Waals surface area contributed by atoms with Gasteiger partial charge in [-0.05, 0) is 18.6 Å². The molecule has 0 atom stereocenters. The van der Waals surface area contributed by atoms with Gasteiger partial charge in [0, 0.05) is 11.8 Å². The van der Waals surface area contributed by atoms with Crippen LogP contribution in [0.3, 0.4) is 0 Å². The average molecular weight is 522 g/mol. The van der Waals surface area contributed by atoms with Crippen molar-refractivity contribution in [1.29, 1.82) is 0 Å². The molecule has 0 amide bonds. The number of rotatable bonds is 5. The first kappa shape index (κ1) is 28.2. The fraction of sp³-hybridized carbons (Fsp3) is 0.462. The summed E-state index contributed by atoms with van der Waals surface area (Å²) >= 11 is -0.556. The van der Waals surface area contributed by atoms with Gasteiger partial charge in [0.25, 0.3) is 0 Å². The SMILES string of the molecule is Cc1cccc(/C=N\C(F)(F)C(F)(F)C(F)(F)C(F)(F)C(F)(F)F)c1O.[Cl][Ti][Cl]. The van der Waals surface area contributed by atoms with E-state index in [9.17, 15) is 53.4 Å². The molecule has 0 saturated heterocycles. The van der Waals surface area contributed by atoms with Crippen LogP contribution in [0.1, 0.15) is 11.1 Å². The van der Waals surface area contributed by atoms with E-state index in [-0.39, 0.29) is 11.8 Å². The molecule has 0 aliphatic heterocycles. The molecule has 1 N–H and O–H groups in total. The number of aromatic hydroxyl groups is 1. The van der Waals surface area contributed by atoms with Crippen molar-refractivity contribution >= 4 is 24.8 Å². The third-order valence-corrected chi connectivity index (χ3v) is 3.16. The minimum absolute atomic E-state index is 0.0259. The molecule has 1 aromatic carbocycles. The number of para-hydroxylation sites is 1. The number of phenols is 1. The summed E-state index contributed by atoms with van der Waals surface area (Å²) in [6, 6.07) is -3.19. The van der Waals surface area contributed by atoms with E-state index in [1.807, 2.05) is 0 Å². The molecule has 0 spiro atoms. The van der Waals surface area contributed by atoms with Crippen LogP contribution in [0.5, 0.6) is 5.75 Å². The summed E-state index contributed by atoms with van der Waals surface area (Å²) < 4.78 is 140. The number of phenolic OH excluding ortho intramolecular Hbond substituents is 1. The fourth-order valence-corrected chi connectivity index (χ4v) is 1.58. The molecular weight excluding hydrogens is 514 g/mol. The van der Waals surface area contributed by atoms with Crippen molar-refractivity contribution in [3.05, 3.63) is 29.3 Å². The van der Waals surface area contributed by atoms with Crippen LogP contribution in [0, 0.1) is 6.92 Å². The van der Waals surface area contributed by atoms with E-state index in [1.165, 1.54) is 13.0 Å². The van der Waals surface area contributed by atoms with Crippen molar-refractivity contribution in [1.82, 2.24) is 0 Å². The monoisotopic (exact) mass is 521 g/mol. The third kappa shape index (κ3) is 5.68. The minimum atomic E-state index is -7.52. The molecule has 0 aromatic heterocycles. The van der Waals surface area contributed by atoms with Crippen LogP contribution >= 0.6 is 18.6 Å². The van der Waals surface area contributed by atoms with Gasteiger partial charge in [0.05, 0.1) is 0 Å². The number of aliphatic imine (C=N–C) groups is 1. The summed E-state index contributed by atoms with van der Waals surface area (Å²) in [5.41, 5.74) is -0.663. The molecule has 1 aromatic rings. The Morgan fingerprint density at radius 3 is 1.72 bits per heavy atom. The van der Waals surface area contributed by atoms with Gasteiger partial charge in [0.2, 0.25) is 0 Å². The Labute approximate surface area is 172 Å². The first-order chi connectivity index (χ1) is 12.8. The van der Waals surface area contributed by atoms with E-state index < -0.39 is 58.3 Å². The number of nitrogens with zero attached hydrogens (tertiary/aromatic N) is 1. The molecule has 0 aliphatic carbocycles. The van der Waals surface area contributed by atoms with Gasteiger partial charge in [0.15, 0.2) is 0 Å². The number of halogens is 13. The summed E-state index contributed by atoms with van der Waals surface area (Å²) in [6.07, 6.45) is -7.48. The van der Waals surface area contributed by atoms with E-state index >= 15 is 0 Å². The van der Waals surface area contributed by atoms with Crippen LogP contribution in [0.15, 0.2) is 23.2 Å². The van der Waals surface area contributed by atoms with Gasteiger partial charge in [-0.2, -0.15) is 48.3 Å². The molecule has 0 aliphatic rings. The van der Waals surface area contributed by atoms with E-state index in [4.69, 9.17) is 18.6 Å². The van der Waals surface area contributed by atoms with Crippen LogP contribution in [-0.4, -0.2) is 41.3 Å². The molecule has 0 radical (unpaired) electrons. The van der Waals surface area contributed by atoms with Crippen molar-refractivity contribution in [3.63, 3.8) is 0 Å². The van der Waals surface area contributed by atoms with Crippen LogP contribution in [0.25, 0.3) is 0 Å². The molecule has 16 heteroatoms. The van der Waals surface area contributed by atoms with E-state index in [0.29, 0.717) is 0 Å². The van der Waals surface area contributed by atoms with Crippen LogP contribution < -0.4 is 0 Å². The number of aryl methyl sites for hydroxylation is 1. The molecule has 2 nitrogen and oxygen atoms in total. The zero-order valence-corrected chi connectivity index (χ0v) is 16.7. The first-order valence-corrected chi connectivity index (χ1v) is 11.0. The Kier molecular flexibility index (Phi) is 9.31. The number of benzene rings is 1. The van der Waals surface area contributed by atoms with Crippen molar-refractivity contribution in [2.45, 2.75) is 36.9 Å². The van der Waals surface area contributed by atoms with Crippen molar-refractivity contribution in [2.75, 3.05) is 0 Å². The Morgan fingerprint density at radius 2 is 1.31 bits per heavy atom. The van der Waals surface area contributed by atoms with Gasteiger partial charge in [-0.3, -0.25) is 0 Å². The quantitative estimate of drug-likeness (QED) is 0.202. The Hall–Kier alpha value is -0.786. The second kappa shape index (κ2) is 9.57. The zero-order valence-electron chi connectivity index (χ0n) is 13.6. The maximum absolute atomic E-state index is 13.3. The maximum atomic E-state index is 13.3. The summed E-state index contributed by atoms with van der Waals surface area (Å²) in [6.45, 7) is 1.23. The van der Waals surface area contributed by atoms with Gasteiger partial charge in [0.1, 0.15) is 5.75 Å². The molecule has 0 bridgehead atoms. The first-order valence-electron chi connectivity index (χ1n) is 6.69. The van der Waals surface area contributed by atoms with Crippen molar-refractivity contribution in [3.8, 4) is 5.75 Å². The topological polar surface area (TPSA) is 32.6 Å². The Morgan fingerprint density at radius 1 is 0.862 bits per heavy atom. The van der Waals surface area contributed by atoms with Gasteiger partial charge in [-0.15, -0.1) is 0 Å². The number of hydrogen-bond donors (Lipinski definition) is 1. The van der Waals surface area contributed by atoms with E-state index in [0.717, 1.165) is 12.1 Å². The summed E-state index contributed by atoms with van der Waals surface area (Å²) in [5.74, 6) is -23.0. The fourth-order valence-electron chi connectivity index (χ4n) is 1.58. The average Bonchev–Trinajstić information content (AvgIpc) is 2.55. The second-order valence-corrected chi connectivity index (χ2v) is 7.68. The molecule has 0 saturated carbocycles. The van der Waals surface area contributed by atoms with Crippen LogP contribution in [-0.2, 0) is 17.0 Å². The van der Waals surface area contributed by atoms with Gasteiger partial charge < -0.3 is 5.11 Å². The van der Waals surface area contributed by atoms with Gasteiger partial charge >= 0.3 is 65.6 Å². The molecular formula is C13H8Cl2F11NOTi. The third-order valence-electron chi connectivity index (χ3n) is 3.16. The van der Waals surface area contributed by atoms with Crippen molar-refractivity contribution < 1.29 is 70.4 Å². The van der Waals surface area contributed by atoms with Gasteiger partial charge in [-0.25, -0.2) is 4.99 Å². The normalized spacial score (nSPS) is 13.9. The summed E-state index contributed by atoms with van der Waals surface area (Å²) in [7, 11) is 9.78. The van der Waals surface area contributed by atoms with Gasteiger partial charge in [-0.1, -0.05) is 12.1 Å². The standard InChI is InChI=1S/C13H8F11NO.2ClH.Ti/c1-6-3-2-4-7(8(6)26)5-25-13(23,24)11(18,19)9(14,15)10(16,17)12(20,21)22;;;/h2-5,26H,1H3;2*1H;/q;;;+2/p-2/b25-5-;;;.